The Balaban J connectivity index is 1.45. The van der Waals surface area contributed by atoms with E-state index in [0.717, 1.165) is 29.9 Å². The van der Waals surface area contributed by atoms with Gasteiger partial charge < -0.3 is 20.5 Å². The molecule has 6 heteroatoms. The molecule has 29 heavy (non-hydrogen) atoms. The van der Waals surface area contributed by atoms with Gasteiger partial charge in [-0.15, -0.1) is 0 Å². The van der Waals surface area contributed by atoms with Crippen molar-refractivity contribution in [1.82, 2.24) is 9.88 Å². The van der Waals surface area contributed by atoms with Crippen LogP contribution in [0.5, 0.6) is 0 Å². The number of aromatic nitrogens is 1. The van der Waals surface area contributed by atoms with E-state index in [1.807, 2.05) is 50.2 Å². The molecule has 1 aromatic heterocycles. The van der Waals surface area contributed by atoms with Crippen molar-refractivity contribution in [3.05, 3.63) is 77.6 Å². The molecule has 2 aromatic carbocycles. The molecule has 0 aliphatic heterocycles. The maximum Gasteiger partial charge on any atom is 0.319 e. The quantitative estimate of drug-likeness (QED) is 0.596. The fraction of sp³-hybridized carbons (Fsp3) is 0.217. The third kappa shape index (κ3) is 4.32. The fourth-order valence-electron chi connectivity index (χ4n) is 3.38. The minimum Gasteiger partial charge on any atom is -0.335 e. The summed E-state index contributed by atoms with van der Waals surface area (Å²) in [5.41, 5.74) is 4.91. The summed E-state index contributed by atoms with van der Waals surface area (Å²) in [6, 6.07) is 19.1. The molecule has 3 aromatic rings. The van der Waals surface area contributed by atoms with Crippen LogP contribution >= 0.6 is 0 Å². The molecular formula is C23H24N4O2. The van der Waals surface area contributed by atoms with Gasteiger partial charge in [0.15, 0.2) is 0 Å². The van der Waals surface area contributed by atoms with Crippen LogP contribution in [-0.2, 0) is 0 Å². The van der Waals surface area contributed by atoms with Crippen LogP contribution in [0, 0.1) is 13.8 Å². The Kier molecular flexibility index (Phi) is 5.08. The minimum absolute atomic E-state index is 0.160. The number of para-hydroxylation sites is 1. The fourth-order valence-corrected chi connectivity index (χ4v) is 3.38. The molecular weight excluding hydrogens is 364 g/mol. The second-order valence-electron chi connectivity index (χ2n) is 7.36. The predicted octanol–water partition coefficient (Wildman–Crippen LogP) is 4.63. The van der Waals surface area contributed by atoms with Gasteiger partial charge in [-0.3, -0.25) is 4.79 Å². The minimum atomic E-state index is -0.197. The number of aryl methyl sites for hydroxylation is 1. The van der Waals surface area contributed by atoms with E-state index >= 15 is 0 Å². The first kappa shape index (κ1) is 18.8. The number of hydrogen-bond acceptors (Lipinski definition) is 2. The molecule has 6 nitrogen and oxygen atoms in total. The maximum absolute atomic E-state index is 12.8. The van der Waals surface area contributed by atoms with Gasteiger partial charge in [-0.1, -0.05) is 18.2 Å². The number of carbonyl (C=O) groups excluding carboxylic acids is 2. The third-order valence-corrected chi connectivity index (χ3v) is 5.00. The summed E-state index contributed by atoms with van der Waals surface area (Å²) < 4.78 is 2.07. The van der Waals surface area contributed by atoms with Gasteiger partial charge in [-0.05, 0) is 69.2 Å². The molecule has 0 saturated heterocycles. The standard InChI is InChI=1S/C23H24N4O2/c1-15-14-21(16(2)27(15)20-6-4-3-5-7-20)22(28)24-17-8-10-18(11-9-17)25-23(29)26-19-12-13-19/h3-11,14,19H,12-13H2,1-2H3,(H,24,28)(H2,25,26,29). The molecule has 0 unspecified atom stereocenters. The van der Waals surface area contributed by atoms with Gasteiger partial charge in [-0.2, -0.15) is 0 Å². The number of nitrogens with zero attached hydrogens (tertiary/aromatic N) is 1. The Bertz CT molecular complexity index is 1030. The average Bonchev–Trinajstić information content (AvgIpc) is 3.46. The first-order valence-electron chi connectivity index (χ1n) is 9.74. The van der Waals surface area contributed by atoms with E-state index in [2.05, 4.69) is 20.5 Å². The maximum atomic E-state index is 12.8. The summed E-state index contributed by atoms with van der Waals surface area (Å²) in [4.78, 5) is 24.6. The van der Waals surface area contributed by atoms with Crippen LogP contribution in [0.1, 0.15) is 34.6 Å². The molecule has 0 spiro atoms. The lowest BCUT2D eigenvalue weighted by atomic mass is 10.2. The zero-order chi connectivity index (χ0) is 20.4. The molecule has 0 atom stereocenters. The zero-order valence-electron chi connectivity index (χ0n) is 16.5. The second-order valence-corrected chi connectivity index (χ2v) is 7.36. The number of anilines is 2. The van der Waals surface area contributed by atoms with Crippen LogP contribution in [0.4, 0.5) is 16.2 Å². The normalized spacial score (nSPS) is 13.0. The molecule has 1 fully saturated rings. The topological polar surface area (TPSA) is 75.2 Å². The molecule has 148 valence electrons. The number of amides is 3. The first-order valence-corrected chi connectivity index (χ1v) is 9.74. The SMILES string of the molecule is Cc1cc(C(=O)Nc2ccc(NC(=O)NC3CC3)cc2)c(C)n1-c1ccccc1. The Morgan fingerprint density at radius 3 is 2.14 bits per heavy atom. The molecule has 1 heterocycles. The van der Waals surface area contributed by atoms with E-state index in [9.17, 15) is 9.59 Å². The molecule has 0 radical (unpaired) electrons. The lowest BCUT2D eigenvalue weighted by Gasteiger charge is -2.10. The monoisotopic (exact) mass is 388 g/mol. The Morgan fingerprint density at radius 2 is 1.52 bits per heavy atom. The van der Waals surface area contributed by atoms with E-state index in [4.69, 9.17) is 0 Å². The molecule has 1 saturated carbocycles. The number of carbonyl (C=O) groups is 2. The predicted molar refractivity (Wildman–Crippen MR) is 115 cm³/mol. The van der Waals surface area contributed by atoms with E-state index in [0.29, 0.717) is 23.0 Å². The number of nitrogens with one attached hydrogen (secondary N) is 3. The van der Waals surface area contributed by atoms with Gasteiger partial charge in [0.2, 0.25) is 0 Å². The van der Waals surface area contributed by atoms with Gasteiger partial charge in [0, 0.05) is 34.5 Å². The number of hydrogen-bond donors (Lipinski definition) is 3. The van der Waals surface area contributed by atoms with Crippen molar-refractivity contribution in [1.29, 1.82) is 0 Å². The van der Waals surface area contributed by atoms with Crippen molar-refractivity contribution in [2.75, 3.05) is 10.6 Å². The van der Waals surface area contributed by atoms with Crippen LogP contribution in [0.25, 0.3) is 5.69 Å². The van der Waals surface area contributed by atoms with Gasteiger partial charge in [0.1, 0.15) is 0 Å². The highest BCUT2D eigenvalue weighted by molar-refractivity contribution is 6.05. The Hall–Kier alpha value is -3.54. The van der Waals surface area contributed by atoms with Gasteiger partial charge in [0.05, 0.1) is 5.56 Å². The second kappa shape index (κ2) is 7.83. The lowest BCUT2D eigenvalue weighted by Crippen LogP contribution is -2.30. The summed E-state index contributed by atoms with van der Waals surface area (Å²) in [6.07, 6.45) is 2.09. The van der Waals surface area contributed by atoms with E-state index in [1.165, 1.54) is 0 Å². The van der Waals surface area contributed by atoms with Crippen LogP contribution in [0.2, 0.25) is 0 Å². The summed E-state index contributed by atoms with van der Waals surface area (Å²) >= 11 is 0. The van der Waals surface area contributed by atoms with E-state index in [-0.39, 0.29) is 11.9 Å². The van der Waals surface area contributed by atoms with Crippen molar-refractivity contribution >= 4 is 23.3 Å². The number of benzene rings is 2. The zero-order valence-corrected chi connectivity index (χ0v) is 16.5. The summed E-state index contributed by atoms with van der Waals surface area (Å²) in [5, 5.41) is 8.61. The molecule has 4 rings (SSSR count). The summed E-state index contributed by atoms with van der Waals surface area (Å²) in [7, 11) is 0. The number of rotatable bonds is 5. The van der Waals surface area contributed by atoms with Crippen molar-refractivity contribution < 1.29 is 9.59 Å². The molecule has 1 aliphatic carbocycles. The van der Waals surface area contributed by atoms with Crippen molar-refractivity contribution in [3.63, 3.8) is 0 Å². The molecule has 0 bridgehead atoms. The highest BCUT2D eigenvalue weighted by Crippen LogP contribution is 2.23. The molecule has 1 aliphatic rings. The highest BCUT2D eigenvalue weighted by atomic mass is 16.2. The number of urea groups is 1. The first-order chi connectivity index (χ1) is 14.0. The average molecular weight is 388 g/mol. The Labute approximate surface area is 169 Å². The summed E-state index contributed by atoms with van der Waals surface area (Å²) in [5.74, 6) is -0.160. The molecule has 3 N–H and O–H groups in total. The van der Waals surface area contributed by atoms with Gasteiger partial charge >= 0.3 is 6.03 Å². The van der Waals surface area contributed by atoms with Crippen LogP contribution in [0.3, 0.4) is 0 Å². The largest absolute Gasteiger partial charge is 0.335 e. The van der Waals surface area contributed by atoms with E-state index in [1.54, 1.807) is 24.3 Å². The van der Waals surface area contributed by atoms with E-state index < -0.39 is 0 Å². The van der Waals surface area contributed by atoms with Crippen LogP contribution in [0.15, 0.2) is 60.7 Å². The van der Waals surface area contributed by atoms with Crippen molar-refractivity contribution in [2.45, 2.75) is 32.7 Å². The van der Waals surface area contributed by atoms with Crippen LogP contribution in [-0.4, -0.2) is 22.5 Å². The van der Waals surface area contributed by atoms with Crippen molar-refractivity contribution in [2.24, 2.45) is 0 Å². The Morgan fingerprint density at radius 1 is 0.897 bits per heavy atom. The smallest absolute Gasteiger partial charge is 0.319 e. The lowest BCUT2D eigenvalue weighted by molar-refractivity contribution is 0.102. The third-order valence-electron chi connectivity index (χ3n) is 5.00. The summed E-state index contributed by atoms with van der Waals surface area (Å²) in [6.45, 7) is 3.93. The molecule has 3 amide bonds. The van der Waals surface area contributed by atoms with Gasteiger partial charge in [0.25, 0.3) is 5.91 Å². The van der Waals surface area contributed by atoms with Crippen LogP contribution < -0.4 is 16.0 Å². The van der Waals surface area contributed by atoms with Crippen molar-refractivity contribution in [3.8, 4) is 5.69 Å². The highest BCUT2D eigenvalue weighted by Gasteiger charge is 2.23. The van der Waals surface area contributed by atoms with Gasteiger partial charge in [-0.25, -0.2) is 4.79 Å².